The van der Waals surface area contributed by atoms with Crippen molar-refractivity contribution in [2.75, 3.05) is 7.05 Å². The van der Waals surface area contributed by atoms with Gasteiger partial charge in [-0.2, -0.15) is 8.42 Å². The monoisotopic (exact) mass is 278 g/mol. The molecule has 19 heavy (non-hydrogen) atoms. The fourth-order valence-corrected chi connectivity index (χ4v) is 3.78. The molecule has 5 heteroatoms. The number of rotatable bonds is 3. The Morgan fingerprint density at radius 2 is 1.95 bits per heavy atom. The highest BCUT2D eigenvalue weighted by atomic mass is 32.2. The molecule has 2 aliphatic rings. The van der Waals surface area contributed by atoms with E-state index in [-0.39, 0.29) is 0 Å². The smallest absolute Gasteiger partial charge is 0.275 e. The first-order chi connectivity index (χ1) is 9.09. The van der Waals surface area contributed by atoms with Crippen LogP contribution in [0.25, 0.3) is 0 Å². The maximum absolute atomic E-state index is 11.7. The zero-order valence-electron chi connectivity index (χ0n) is 10.9. The number of benzene rings is 1. The average Bonchev–Trinajstić information content (AvgIpc) is 2.65. The van der Waals surface area contributed by atoms with E-state index in [9.17, 15) is 8.42 Å². The molecular formula is C14H18N2O2S. The summed E-state index contributed by atoms with van der Waals surface area (Å²) >= 11 is 0. The minimum Gasteiger partial charge on any atom is -0.275 e. The molecule has 0 aliphatic heterocycles. The number of allylic oxidation sites excluding steroid dienone is 2. The molecule has 0 saturated carbocycles. The molecule has 1 aromatic carbocycles. The molecule has 0 spiro atoms. The summed E-state index contributed by atoms with van der Waals surface area (Å²) in [7, 11) is -1.97. The van der Waals surface area contributed by atoms with E-state index in [1.807, 2.05) is 0 Å². The van der Waals surface area contributed by atoms with Gasteiger partial charge in [0, 0.05) is 18.7 Å². The Morgan fingerprint density at radius 3 is 2.68 bits per heavy atom. The first kappa shape index (κ1) is 12.7. The maximum Gasteiger partial charge on any atom is 0.298 e. The van der Waals surface area contributed by atoms with Crippen molar-refractivity contribution in [1.29, 1.82) is 0 Å². The van der Waals surface area contributed by atoms with Crippen LogP contribution in [0.1, 0.15) is 24.0 Å². The molecule has 0 radical (unpaired) electrons. The van der Waals surface area contributed by atoms with E-state index < -0.39 is 10.2 Å². The molecule has 1 atom stereocenters. The van der Waals surface area contributed by atoms with Gasteiger partial charge in [0.2, 0.25) is 0 Å². The van der Waals surface area contributed by atoms with E-state index >= 15 is 0 Å². The summed E-state index contributed by atoms with van der Waals surface area (Å²) in [5, 5.41) is 0. The normalized spacial score (nSPS) is 22.1. The SMILES string of the molecule is CNS(=O)(=O)NC1=C2CCC1Cc1ccccc1C2. The maximum atomic E-state index is 11.7. The van der Waals surface area contributed by atoms with Crippen molar-refractivity contribution in [2.45, 2.75) is 25.7 Å². The van der Waals surface area contributed by atoms with E-state index in [0.29, 0.717) is 5.92 Å². The van der Waals surface area contributed by atoms with Gasteiger partial charge in [-0.15, -0.1) is 0 Å². The summed E-state index contributed by atoms with van der Waals surface area (Å²) in [6, 6.07) is 8.41. The number of nitrogens with one attached hydrogen (secondary N) is 2. The highest BCUT2D eigenvalue weighted by molar-refractivity contribution is 7.87. The molecule has 102 valence electrons. The first-order valence-corrected chi connectivity index (χ1v) is 8.07. The molecule has 4 nitrogen and oxygen atoms in total. The van der Waals surface area contributed by atoms with Crippen LogP contribution in [0.4, 0.5) is 0 Å². The van der Waals surface area contributed by atoms with E-state index in [0.717, 1.165) is 31.4 Å². The first-order valence-electron chi connectivity index (χ1n) is 6.59. The van der Waals surface area contributed by atoms with Crippen LogP contribution in [0.15, 0.2) is 35.5 Å². The Hall–Kier alpha value is -1.33. The zero-order valence-corrected chi connectivity index (χ0v) is 11.8. The molecule has 2 bridgehead atoms. The minimum atomic E-state index is -3.41. The van der Waals surface area contributed by atoms with Crippen molar-refractivity contribution in [3.8, 4) is 0 Å². The van der Waals surface area contributed by atoms with E-state index in [2.05, 4.69) is 33.7 Å². The van der Waals surface area contributed by atoms with Gasteiger partial charge < -0.3 is 0 Å². The third kappa shape index (κ3) is 2.40. The van der Waals surface area contributed by atoms with Gasteiger partial charge in [0.1, 0.15) is 0 Å². The van der Waals surface area contributed by atoms with Crippen molar-refractivity contribution in [1.82, 2.24) is 9.44 Å². The van der Waals surface area contributed by atoms with Gasteiger partial charge in [0.25, 0.3) is 10.2 Å². The highest BCUT2D eigenvalue weighted by Crippen LogP contribution is 2.39. The molecule has 0 amide bonds. The van der Waals surface area contributed by atoms with Gasteiger partial charge in [-0.1, -0.05) is 24.3 Å². The van der Waals surface area contributed by atoms with Crippen LogP contribution in [-0.4, -0.2) is 15.5 Å². The predicted molar refractivity (Wildman–Crippen MR) is 74.7 cm³/mol. The molecule has 2 aliphatic carbocycles. The lowest BCUT2D eigenvalue weighted by Gasteiger charge is -2.16. The van der Waals surface area contributed by atoms with Crippen molar-refractivity contribution in [3.63, 3.8) is 0 Å². The lowest BCUT2D eigenvalue weighted by molar-refractivity contribution is 0.554. The van der Waals surface area contributed by atoms with Gasteiger partial charge in [-0.3, -0.25) is 4.72 Å². The summed E-state index contributed by atoms with van der Waals surface area (Å²) in [5.41, 5.74) is 4.85. The Morgan fingerprint density at radius 1 is 1.21 bits per heavy atom. The number of fused-ring (bicyclic) bond motifs is 2. The second kappa shape index (κ2) is 4.65. The van der Waals surface area contributed by atoms with Crippen LogP contribution in [0.2, 0.25) is 0 Å². The lowest BCUT2D eigenvalue weighted by atomic mass is 9.92. The average molecular weight is 278 g/mol. The molecule has 0 fully saturated rings. The van der Waals surface area contributed by atoms with Crippen LogP contribution < -0.4 is 9.44 Å². The van der Waals surface area contributed by atoms with E-state index in [4.69, 9.17) is 0 Å². The van der Waals surface area contributed by atoms with Crippen molar-refractivity contribution >= 4 is 10.2 Å². The number of hydrogen-bond donors (Lipinski definition) is 2. The molecule has 0 saturated heterocycles. The van der Waals surface area contributed by atoms with Crippen LogP contribution in [-0.2, 0) is 23.1 Å². The van der Waals surface area contributed by atoms with E-state index in [1.165, 1.54) is 23.7 Å². The van der Waals surface area contributed by atoms with Crippen molar-refractivity contribution in [3.05, 3.63) is 46.7 Å². The Kier molecular flexibility index (Phi) is 3.11. The molecule has 3 rings (SSSR count). The third-order valence-corrected chi connectivity index (χ3v) is 5.11. The van der Waals surface area contributed by atoms with Crippen LogP contribution in [0.3, 0.4) is 0 Å². The Labute approximate surface area is 114 Å². The van der Waals surface area contributed by atoms with Crippen LogP contribution in [0.5, 0.6) is 0 Å². The molecular weight excluding hydrogens is 260 g/mol. The largest absolute Gasteiger partial charge is 0.298 e. The Balaban J connectivity index is 1.96. The molecule has 1 unspecified atom stereocenters. The van der Waals surface area contributed by atoms with Crippen molar-refractivity contribution < 1.29 is 8.42 Å². The Bertz CT molecular complexity index is 635. The van der Waals surface area contributed by atoms with Gasteiger partial charge in [-0.25, -0.2) is 4.72 Å². The minimum absolute atomic E-state index is 0.307. The quantitative estimate of drug-likeness (QED) is 0.880. The molecule has 2 N–H and O–H groups in total. The van der Waals surface area contributed by atoms with Crippen LogP contribution >= 0.6 is 0 Å². The number of hydrogen-bond acceptors (Lipinski definition) is 2. The fraction of sp³-hybridized carbons (Fsp3) is 0.429. The fourth-order valence-electron chi connectivity index (χ4n) is 3.08. The predicted octanol–water partition coefficient (Wildman–Crippen LogP) is 1.50. The molecule has 1 aromatic rings. The summed E-state index contributed by atoms with van der Waals surface area (Å²) in [5.74, 6) is 0.307. The second-order valence-corrected chi connectivity index (χ2v) is 6.83. The summed E-state index contributed by atoms with van der Waals surface area (Å²) in [6.45, 7) is 0. The third-order valence-electron chi connectivity index (χ3n) is 4.09. The highest BCUT2D eigenvalue weighted by Gasteiger charge is 2.31. The van der Waals surface area contributed by atoms with Crippen LogP contribution in [0, 0.1) is 5.92 Å². The van der Waals surface area contributed by atoms with Gasteiger partial charge in [0.05, 0.1) is 0 Å². The van der Waals surface area contributed by atoms with Gasteiger partial charge in [0.15, 0.2) is 0 Å². The van der Waals surface area contributed by atoms with Gasteiger partial charge >= 0.3 is 0 Å². The standard InChI is InChI=1S/C14H18N2O2S/c1-15-19(17,18)16-14-12-6-7-13(14)9-11-5-3-2-4-10(11)8-12/h2-5,12,15-16H,6-9H2,1H3. The molecule has 0 aromatic heterocycles. The summed E-state index contributed by atoms with van der Waals surface area (Å²) < 4.78 is 28.5. The van der Waals surface area contributed by atoms with Gasteiger partial charge in [-0.05, 0) is 42.4 Å². The summed E-state index contributed by atoms with van der Waals surface area (Å²) in [4.78, 5) is 0. The van der Waals surface area contributed by atoms with Crippen molar-refractivity contribution in [2.24, 2.45) is 5.92 Å². The zero-order chi connectivity index (χ0) is 13.5. The lowest BCUT2D eigenvalue weighted by Crippen LogP contribution is -2.35. The molecule has 0 heterocycles. The summed E-state index contributed by atoms with van der Waals surface area (Å²) in [6.07, 6.45) is 3.85. The topological polar surface area (TPSA) is 58.2 Å². The second-order valence-electron chi connectivity index (χ2n) is 5.21. The van der Waals surface area contributed by atoms with E-state index in [1.54, 1.807) is 0 Å².